The summed E-state index contributed by atoms with van der Waals surface area (Å²) in [4.78, 5) is 24.3. The van der Waals surface area contributed by atoms with Crippen molar-refractivity contribution in [3.05, 3.63) is 83.4 Å². The number of ether oxygens (including phenoxy) is 1. The largest absolute Gasteiger partial charge is 0.385 e. The van der Waals surface area contributed by atoms with Crippen molar-refractivity contribution in [3.63, 3.8) is 0 Å². The number of imidazole rings is 1. The van der Waals surface area contributed by atoms with Crippen LogP contribution in [0.1, 0.15) is 43.0 Å². The summed E-state index contributed by atoms with van der Waals surface area (Å²) in [5, 5.41) is 0.473. The van der Waals surface area contributed by atoms with Crippen LogP contribution in [0.3, 0.4) is 0 Å². The van der Waals surface area contributed by atoms with E-state index in [0.29, 0.717) is 31.1 Å². The minimum absolute atomic E-state index is 0.122. The quantitative estimate of drug-likeness (QED) is 0.211. The third-order valence-corrected chi connectivity index (χ3v) is 7.71. The molecule has 8 heteroatoms. The molecule has 2 atom stereocenters. The number of carbonyl (C=O) groups excluding carboxylic acids is 1. The molecule has 2 aromatic heterocycles. The third-order valence-electron chi connectivity index (χ3n) is 7.50. The molecule has 2 N–H and O–H groups in total. The molecular formula is C31H36ClN5O2. The monoisotopic (exact) mass is 545 g/mol. The van der Waals surface area contributed by atoms with Crippen molar-refractivity contribution in [3.8, 4) is 11.1 Å². The van der Waals surface area contributed by atoms with Crippen molar-refractivity contribution in [1.29, 1.82) is 0 Å². The van der Waals surface area contributed by atoms with Gasteiger partial charge in [0.2, 0.25) is 5.91 Å². The average Bonchev–Trinajstić information content (AvgIpc) is 3.32. The number of para-hydroxylation sites is 2. The maximum Gasteiger partial charge on any atom is 0.224 e. The first-order valence-electron chi connectivity index (χ1n) is 13.7. The molecule has 1 saturated heterocycles. The Morgan fingerprint density at radius 1 is 1.15 bits per heavy atom. The van der Waals surface area contributed by atoms with E-state index in [1.807, 2.05) is 23.1 Å². The minimum atomic E-state index is -0.238. The predicted molar refractivity (Wildman–Crippen MR) is 156 cm³/mol. The van der Waals surface area contributed by atoms with Gasteiger partial charge in [-0.05, 0) is 66.6 Å². The maximum atomic E-state index is 13.3. The van der Waals surface area contributed by atoms with E-state index < -0.39 is 0 Å². The van der Waals surface area contributed by atoms with Gasteiger partial charge in [0.1, 0.15) is 11.0 Å². The van der Waals surface area contributed by atoms with Crippen LogP contribution < -0.4 is 5.73 Å². The Bertz CT molecular complexity index is 1400. The number of aromatic nitrogens is 3. The van der Waals surface area contributed by atoms with Crippen LogP contribution in [0, 0.1) is 0 Å². The van der Waals surface area contributed by atoms with E-state index in [2.05, 4.69) is 52.0 Å². The molecule has 0 spiro atoms. The first-order valence-corrected chi connectivity index (χ1v) is 14.1. The normalized spacial score (nSPS) is 16.5. The number of fused-ring (bicyclic) bond motifs is 1. The molecule has 1 aliphatic rings. The smallest absolute Gasteiger partial charge is 0.224 e. The lowest BCUT2D eigenvalue weighted by Crippen LogP contribution is -2.42. The highest BCUT2D eigenvalue weighted by Crippen LogP contribution is 2.30. The lowest BCUT2D eigenvalue weighted by Gasteiger charge is -2.33. The molecule has 2 unspecified atom stereocenters. The standard InChI is InChI=1S/C31H36ClN5O2/c1-39-17-5-16-37-28-8-3-2-7-27(28)35-31(37)25-6-4-15-36(21-25)30(38)20-26(33)18-22-9-11-23(12-10-22)24-13-14-34-29(32)19-24/h2-3,7-14,19,25-26H,4-6,15-18,20-21,33H2,1H3. The van der Waals surface area contributed by atoms with Gasteiger partial charge in [-0.15, -0.1) is 0 Å². The molecule has 39 heavy (non-hydrogen) atoms. The fraction of sp³-hybridized carbons (Fsp3) is 0.387. The summed E-state index contributed by atoms with van der Waals surface area (Å²) in [5.41, 5.74) is 11.8. The van der Waals surface area contributed by atoms with Crippen LogP contribution in [0.4, 0.5) is 0 Å². The molecule has 1 amide bonds. The van der Waals surface area contributed by atoms with Gasteiger partial charge in [0.15, 0.2) is 0 Å². The van der Waals surface area contributed by atoms with E-state index in [9.17, 15) is 4.79 Å². The van der Waals surface area contributed by atoms with Crippen molar-refractivity contribution >= 4 is 28.5 Å². The molecule has 5 rings (SSSR count). The second-order valence-corrected chi connectivity index (χ2v) is 10.8. The Labute approximate surface area is 235 Å². The van der Waals surface area contributed by atoms with Crippen molar-refractivity contribution in [2.75, 3.05) is 26.8 Å². The Kier molecular flexibility index (Phi) is 8.91. The van der Waals surface area contributed by atoms with Gasteiger partial charge in [-0.1, -0.05) is 48.0 Å². The van der Waals surface area contributed by atoms with Gasteiger partial charge >= 0.3 is 0 Å². The Hall–Kier alpha value is -3.26. The third kappa shape index (κ3) is 6.67. The SMILES string of the molecule is COCCCn1c(C2CCCN(C(=O)CC(N)Cc3ccc(-c4ccnc(Cl)c4)cc3)C2)nc2ccccc21. The van der Waals surface area contributed by atoms with Crippen molar-refractivity contribution in [1.82, 2.24) is 19.4 Å². The van der Waals surface area contributed by atoms with Gasteiger partial charge in [-0.3, -0.25) is 4.79 Å². The van der Waals surface area contributed by atoms with Gasteiger partial charge in [0, 0.05) is 57.9 Å². The molecule has 204 valence electrons. The molecule has 1 aliphatic heterocycles. The van der Waals surface area contributed by atoms with Gasteiger partial charge in [0.25, 0.3) is 0 Å². The highest BCUT2D eigenvalue weighted by molar-refractivity contribution is 6.29. The molecule has 0 saturated carbocycles. The number of pyridine rings is 1. The fourth-order valence-corrected chi connectivity index (χ4v) is 5.74. The Balaban J connectivity index is 1.21. The minimum Gasteiger partial charge on any atom is -0.385 e. The lowest BCUT2D eigenvalue weighted by atomic mass is 9.95. The summed E-state index contributed by atoms with van der Waals surface area (Å²) in [5.74, 6) is 1.41. The first kappa shape index (κ1) is 27.3. The number of halogens is 1. The van der Waals surface area contributed by atoms with E-state index in [0.717, 1.165) is 65.9 Å². The van der Waals surface area contributed by atoms with Gasteiger partial charge in [-0.25, -0.2) is 9.97 Å². The Morgan fingerprint density at radius 3 is 2.77 bits per heavy atom. The zero-order valence-corrected chi connectivity index (χ0v) is 23.2. The van der Waals surface area contributed by atoms with Crippen LogP contribution in [-0.2, 0) is 22.5 Å². The van der Waals surface area contributed by atoms with Crippen LogP contribution in [0.15, 0.2) is 66.9 Å². The fourth-order valence-electron chi connectivity index (χ4n) is 5.57. The average molecular weight is 546 g/mol. The molecule has 3 heterocycles. The van der Waals surface area contributed by atoms with Gasteiger partial charge in [-0.2, -0.15) is 0 Å². The number of aryl methyl sites for hydroxylation is 1. The summed E-state index contributed by atoms with van der Waals surface area (Å²) in [7, 11) is 1.73. The predicted octanol–water partition coefficient (Wildman–Crippen LogP) is 5.45. The van der Waals surface area contributed by atoms with E-state index in [-0.39, 0.29) is 17.9 Å². The first-order chi connectivity index (χ1) is 19.0. The topological polar surface area (TPSA) is 86.3 Å². The van der Waals surface area contributed by atoms with Crippen molar-refractivity contribution in [2.45, 2.75) is 50.6 Å². The summed E-state index contributed by atoms with van der Waals surface area (Å²) < 4.78 is 7.61. The second-order valence-electron chi connectivity index (χ2n) is 10.4. The molecule has 1 fully saturated rings. The summed E-state index contributed by atoms with van der Waals surface area (Å²) in [6.07, 6.45) is 5.60. The highest BCUT2D eigenvalue weighted by Gasteiger charge is 2.29. The van der Waals surface area contributed by atoms with Crippen LogP contribution in [0.25, 0.3) is 22.2 Å². The van der Waals surface area contributed by atoms with E-state index in [1.165, 1.54) is 0 Å². The molecule has 7 nitrogen and oxygen atoms in total. The van der Waals surface area contributed by atoms with Crippen LogP contribution in [0.5, 0.6) is 0 Å². The molecule has 0 aliphatic carbocycles. The highest BCUT2D eigenvalue weighted by atomic mass is 35.5. The van der Waals surface area contributed by atoms with E-state index >= 15 is 0 Å². The number of hydrogen-bond donors (Lipinski definition) is 1. The molecule has 0 radical (unpaired) electrons. The number of piperidine rings is 1. The van der Waals surface area contributed by atoms with Gasteiger partial charge < -0.3 is 19.9 Å². The number of hydrogen-bond acceptors (Lipinski definition) is 5. The number of carbonyl (C=O) groups is 1. The number of benzene rings is 2. The Morgan fingerprint density at radius 2 is 1.97 bits per heavy atom. The summed E-state index contributed by atoms with van der Waals surface area (Å²) in [6.45, 7) is 3.02. The number of nitrogens with zero attached hydrogens (tertiary/aromatic N) is 4. The number of methoxy groups -OCH3 is 1. The van der Waals surface area contributed by atoms with E-state index in [1.54, 1.807) is 13.3 Å². The van der Waals surface area contributed by atoms with Crippen LogP contribution in [-0.4, -0.2) is 58.2 Å². The van der Waals surface area contributed by atoms with Gasteiger partial charge in [0.05, 0.1) is 11.0 Å². The summed E-state index contributed by atoms with van der Waals surface area (Å²) >= 11 is 6.03. The number of amides is 1. The molecule has 0 bridgehead atoms. The molecule has 4 aromatic rings. The van der Waals surface area contributed by atoms with E-state index in [4.69, 9.17) is 27.1 Å². The molecule has 2 aromatic carbocycles. The zero-order chi connectivity index (χ0) is 27.2. The van der Waals surface area contributed by atoms with Crippen LogP contribution in [0.2, 0.25) is 5.15 Å². The lowest BCUT2D eigenvalue weighted by molar-refractivity contribution is -0.132. The van der Waals surface area contributed by atoms with Crippen molar-refractivity contribution in [2.24, 2.45) is 5.73 Å². The molecular weight excluding hydrogens is 510 g/mol. The maximum absolute atomic E-state index is 13.3. The second kappa shape index (κ2) is 12.7. The zero-order valence-electron chi connectivity index (χ0n) is 22.4. The number of likely N-dealkylation sites (tertiary alicyclic amines) is 1. The summed E-state index contributed by atoms with van der Waals surface area (Å²) in [6, 6.07) is 20.1. The number of rotatable bonds is 10. The number of nitrogens with two attached hydrogens (primary N) is 1. The van der Waals surface area contributed by atoms with Crippen molar-refractivity contribution < 1.29 is 9.53 Å². The van der Waals surface area contributed by atoms with Crippen LogP contribution >= 0.6 is 11.6 Å².